The first-order valence-corrected chi connectivity index (χ1v) is 5.18. The number of hydrogen-bond donors (Lipinski definition) is 2. The second-order valence-electron chi connectivity index (χ2n) is 2.96. The Kier molecular flexibility index (Phi) is 4.65. The maximum atomic E-state index is 11.2. The van der Waals surface area contributed by atoms with Gasteiger partial charge in [0.05, 0.1) is 6.61 Å². The number of nitrogens with zero attached hydrogens (tertiary/aromatic N) is 3. The third kappa shape index (κ3) is 4.23. The lowest BCUT2D eigenvalue weighted by molar-refractivity contribution is -0.135. The van der Waals surface area contributed by atoms with Crippen molar-refractivity contribution in [2.45, 2.75) is 13.8 Å². The minimum Gasteiger partial charge on any atom is -0.461 e. The maximum absolute atomic E-state index is 11.2. The number of aromatic nitrogens is 2. The van der Waals surface area contributed by atoms with E-state index < -0.39 is 5.97 Å². The first kappa shape index (κ1) is 13.2. The topological polar surface area (TPSA) is 102 Å². The first-order chi connectivity index (χ1) is 8.02. The van der Waals surface area contributed by atoms with Crippen LogP contribution in [0, 0.1) is 0 Å². The normalized spacial score (nSPS) is 11.1. The molecule has 3 N–H and O–H groups in total. The third-order valence-corrected chi connectivity index (χ3v) is 1.81. The Labute approximate surface area is 103 Å². The second kappa shape index (κ2) is 6.00. The van der Waals surface area contributed by atoms with Gasteiger partial charge in [-0.15, -0.1) is 0 Å². The highest BCUT2D eigenvalue weighted by atomic mass is 35.5. The maximum Gasteiger partial charge on any atom is 0.354 e. The molecule has 0 bridgehead atoms. The highest BCUT2D eigenvalue weighted by molar-refractivity contribution is 6.35. The number of esters is 1. The summed E-state index contributed by atoms with van der Waals surface area (Å²) in [4.78, 5) is 18.7. The number of ether oxygens (including phenoxy) is 1. The number of hydrogen-bond acceptors (Lipinski definition) is 7. The van der Waals surface area contributed by atoms with E-state index in [1.807, 2.05) is 0 Å². The van der Waals surface area contributed by atoms with Gasteiger partial charge in [0.25, 0.3) is 0 Å². The van der Waals surface area contributed by atoms with Crippen molar-refractivity contribution in [2.75, 3.05) is 17.8 Å². The fourth-order valence-electron chi connectivity index (χ4n) is 0.915. The van der Waals surface area contributed by atoms with E-state index in [-0.39, 0.29) is 23.4 Å². The van der Waals surface area contributed by atoms with Crippen molar-refractivity contribution in [3.05, 3.63) is 11.2 Å². The van der Waals surface area contributed by atoms with Gasteiger partial charge in [0, 0.05) is 6.07 Å². The lowest BCUT2D eigenvalue weighted by atomic mass is 10.4. The Balaban J connectivity index is 2.71. The Morgan fingerprint density at radius 2 is 2.35 bits per heavy atom. The Hall–Kier alpha value is -1.89. The Morgan fingerprint density at radius 3 is 2.94 bits per heavy atom. The van der Waals surface area contributed by atoms with Crippen LogP contribution in [-0.2, 0) is 9.53 Å². The zero-order chi connectivity index (χ0) is 12.8. The van der Waals surface area contributed by atoms with Crippen LogP contribution in [0.5, 0.6) is 0 Å². The van der Waals surface area contributed by atoms with Crippen LogP contribution in [0.25, 0.3) is 0 Å². The molecule has 0 aromatic carbocycles. The molecule has 1 aromatic heterocycles. The van der Waals surface area contributed by atoms with E-state index in [0.29, 0.717) is 5.82 Å². The van der Waals surface area contributed by atoms with Crippen LogP contribution in [0.4, 0.5) is 11.8 Å². The largest absolute Gasteiger partial charge is 0.461 e. The summed E-state index contributed by atoms with van der Waals surface area (Å²) < 4.78 is 4.75. The summed E-state index contributed by atoms with van der Waals surface area (Å²) in [6.07, 6.45) is 0. The van der Waals surface area contributed by atoms with Crippen molar-refractivity contribution in [3.8, 4) is 0 Å². The van der Waals surface area contributed by atoms with Crippen molar-refractivity contribution >= 4 is 35.0 Å². The van der Waals surface area contributed by atoms with Crippen molar-refractivity contribution in [1.29, 1.82) is 0 Å². The minimum atomic E-state index is -0.506. The van der Waals surface area contributed by atoms with Gasteiger partial charge in [-0.2, -0.15) is 10.1 Å². The van der Waals surface area contributed by atoms with Gasteiger partial charge in [0.15, 0.2) is 5.82 Å². The number of rotatable bonds is 4. The molecule has 0 aliphatic rings. The van der Waals surface area contributed by atoms with Crippen molar-refractivity contribution in [1.82, 2.24) is 9.97 Å². The summed E-state index contributed by atoms with van der Waals surface area (Å²) in [6.45, 7) is 3.51. The van der Waals surface area contributed by atoms with E-state index in [0.717, 1.165) is 0 Å². The van der Waals surface area contributed by atoms with E-state index in [2.05, 4.69) is 20.5 Å². The number of nitrogens with two attached hydrogens (primary N) is 1. The molecule has 0 atom stereocenters. The van der Waals surface area contributed by atoms with Gasteiger partial charge in [-0.1, -0.05) is 11.6 Å². The summed E-state index contributed by atoms with van der Waals surface area (Å²) in [5, 5.41) is 3.97. The van der Waals surface area contributed by atoms with Crippen LogP contribution in [0.1, 0.15) is 13.8 Å². The van der Waals surface area contributed by atoms with E-state index in [1.54, 1.807) is 6.92 Å². The molecule has 0 saturated heterocycles. The molecule has 0 spiro atoms. The summed E-state index contributed by atoms with van der Waals surface area (Å²) in [5.74, 6) is -0.191. The van der Waals surface area contributed by atoms with Crippen molar-refractivity contribution in [3.63, 3.8) is 0 Å². The van der Waals surface area contributed by atoms with Gasteiger partial charge < -0.3 is 10.5 Å². The van der Waals surface area contributed by atoms with Gasteiger partial charge in [-0.25, -0.2) is 9.78 Å². The molecule has 7 nitrogen and oxygen atoms in total. The lowest BCUT2D eigenvalue weighted by Gasteiger charge is -2.03. The quantitative estimate of drug-likeness (QED) is 0.362. The third-order valence-electron chi connectivity index (χ3n) is 1.62. The molecule has 0 amide bonds. The summed E-state index contributed by atoms with van der Waals surface area (Å²) >= 11 is 5.67. The SMILES string of the molecule is CCOC(=O)/C(C)=N\Nc1cc(Cl)nc(N)n1. The molecule has 0 unspecified atom stereocenters. The highest BCUT2D eigenvalue weighted by Crippen LogP contribution is 2.12. The molecule has 1 heterocycles. The van der Waals surface area contributed by atoms with E-state index in [4.69, 9.17) is 22.1 Å². The van der Waals surface area contributed by atoms with E-state index >= 15 is 0 Å². The summed E-state index contributed by atoms with van der Waals surface area (Å²) in [7, 11) is 0. The number of halogens is 1. The van der Waals surface area contributed by atoms with Crippen LogP contribution >= 0.6 is 11.6 Å². The smallest absolute Gasteiger partial charge is 0.354 e. The molecule has 0 aliphatic carbocycles. The number of nitrogens with one attached hydrogen (secondary N) is 1. The van der Waals surface area contributed by atoms with Crippen LogP contribution in [0.3, 0.4) is 0 Å². The van der Waals surface area contributed by atoms with Gasteiger partial charge in [0.1, 0.15) is 10.9 Å². The predicted octanol–water partition coefficient (Wildman–Crippen LogP) is 1.06. The number of anilines is 2. The number of carbonyl (C=O) groups excluding carboxylic acids is 1. The molecular weight excluding hydrogens is 246 g/mol. The van der Waals surface area contributed by atoms with Gasteiger partial charge in [-0.05, 0) is 13.8 Å². The Bertz CT molecular complexity index is 429. The average molecular weight is 258 g/mol. The molecular formula is C9H12ClN5O2. The number of hydrazone groups is 1. The Morgan fingerprint density at radius 1 is 1.65 bits per heavy atom. The first-order valence-electron chi connectivity index (χ1n) is 4.80. The molecule has 0 saturated carbocycles. The fourth-order valence-corrected chi connectivity index (χ4v) is 1.10. The summed E-state index contributed by atoms with van der Waals surface area (Å²) in [6, 6.07) is 1.43. The average Bonchev–Trinajstić information content (AvgIpc) is 2.25. The van der Waals surface area contributed by atoms with Crippen LogP contribution in [0.2, 0.25) is 5.15 Å². The second-order valence-corrected chi connectivity index (χ2v) is 3.35. The molecule has 0 fully saturated rings. The van der Waals surface area contributed by atoms with Crippen molar-refractivity contribution in [2.24, 2.45) is 5.10 Å². The summed E-state index contributed by atoms with van der Waals surface area (Å²) in [5.41, 5.74) is 8.09. The van der Waals surface area contributed by atoms with E-state index in [9.17, 15) is 4.79 Å². The van der Waals surface area contributed by atoms with Gasteiger partial charge in [0.2, 0.25) is 5.95 Å². The molecule has 0 aliphatic heterocycles. The molecule has 1 aromatic rings. The standard InChI is InChI=1S/C9H12ClN5O2/c1-3-17-8(16)5(2)14-15-7-4-6(10)12-9(11)13-7/h4H,3H2,1-2H3,(H3,11,12,13,15)/b14-5-. The number of nitrogen functional groups attached to an aromatic ring is 1. The molecule has 8 heteroatoms. The predicted molar refractivity (Wildman–Crippen MR) is 64.8 cm³/mol. The molecule has 92 valence electrons. The highest BCUT2D eigenvalue weighted by Gasteiger charge is 2.06. The monoisotopic (exact) mass is 257 g/mol. The minimum absolute atomic E-state index is 0.0176. The molecule has 0 radical (unpaired) electrons. The van der Waals surface area contributed by atoms with Gasteiger partial charge >= 0.3 is 5.97 Å². The van der Waals surface area contributed by atoms with Crippen LogP contribution in [0.15, 0.2) is 11.2 Å². The van der Waals surface area contributed by atoms with Crippen LogP contribution in [-0.4, -0.2) is 28.3 Å². The van der Waals surface area contributed by atoms with E-state index in [1.165, 1.54) is 13.0 Å². The zero-order valence-corrected chi connectivity index (χ0v) is 10.2. The lowest BCUT2D eigenvalue weighted by Crippen LogP contribution is -2.15. The van der Waals surface area contributed by atoms with Gasteiger partial charge in [-0.3, -0.25) is 5.43 Å². The molecule has 17 heavy (non-hydrogen) atoms. The van der Waals surface area contributed by atoms with Crippen molar-refractivity contribution < 1.29 is 9.53 Å². The fraction of sp³-hybridized carbons (Fsp3) is 0.333. The van der Waals surface area contributed by atoms with Crippen LogP contribution < -0.4 is 11.2 Å². The zero-order valence-electron chi connectivity index (χ0n) is 9.40. The number of carbonyl (C=O) groups is 1. The molecule has 1 rings (SSSR count).